The molecule has 1 N–H and O–H groups in total. The van der Waals surface area contributed by atoms with Crippen molar-refractivity contribution >= 4 is 28.6 Å². The Morgan fingerprint density at radius 1 is 1.19 bits per heavy atom. The molecule has 1 atom stereocenters. The maximum atomic E-state index is 11.4. The molecule has 4 heterocycles. The molecule has 0 saturated carbocycles. The lowest BCUT2D eigenvalue weighted by atomic mass is 9.92. The van der Waals surface area contributed by atoms with Gasteiger partial charge in [0.05, 0.1) is 35.1 Å². The minimum Gasteiger partial charge on any atom is -0.457 e. The van der Waals surface area contributed by atoms with E-state index in [1.165, 1.54) is 0 Å². The number of Topliss-reactive ketones (excluding diaryl/α,β-unsaturated/α-hetero) is 1. The highest BCUT2D eigenvalue weighted by Crippen LogP contribution is 2.32. The summed E-state index contributed by atoms with van der Waals surface area (Å²) in [6, 6.07) is 11.7. The summed E-state index contributed by atoms with van der Waals surface area (Å²) in [5, 5.41) is 8.43. The van der Waals surface area contributed by atoms with Gasteiger partial charge < -0.3 is 19.4 Å². The number of rotatable bonds is 7. The molecule has 0 radical (unpaired) electrons. The lowest BCUT2D eigenvalue weighted by Crippen LogP contribution is -2.16. The molecule has 0 amide bonds. The van der Waals surface area contributed by atoms with Crippen LogP contribution in [0.5, 0.6) is 11.5 Å². The third-order valence-corrected chi connectivity index (χ3v) is 6.30. The van der Waals surface area contributed by atoms with Crippen LogP contribution in [0.4, 0.5) is 11.8 Å². The minimum absolute atomic E-state index is 0.0624. The zero-order valence-corrected chi connectivity index (χ0v) is 21.4. The Balaban J connectivity index is 1.43. The van der Waals surface area contributed by atoms with Crippen LogP contribution >= 0.6 is 0 Å². The Kier molecular flexibility index (Phi) is 6.26. The normalized spacial score (nSPS) is 16.0. The Hall–Kier alpha value is -3.72. The number of pyridine rings is 1. The third-order valence-electron chi connectivity index (χ3n) is 6.30. The fourth-order valence-corrected chi connectivity index (χ4v) is 4.31. The first kappa shape index (κ1) is 24.0. The van der Waals surface area contributed by atoms with Crippen molar-refractivity contribution in [2.75, 3.05) is 18.5 Å². The van der Waals surface area contributed by atoms with Gasteiger partial charge in [-0.05, 0) is 31.5 Å². The van der Waals surface area contributed by atoms with Gasteiger partial charge >= 0.3 is 0 Å². The van der Waals surface area contributed by atoms with E-state index in [9.17, 15) is 4.79 Å². The van der Waals surface area contributed by atoms with Gasteiger partial charge in [0, 0.05) is 49.9 Å². The van der Waals surface area contributed by atoms with Crippen LogP contribution in [0, 0.1) is 0 Å². The van der Waals surface area contributed by atoms with Crippen LogP contribution in [0.3, 0.4) is 0 Å². The van der Waals surface area contributed by atoms with Crippen LogP contribution in [0.1, 0.15) is 51.5 Å². The van der Waals surface area contributed by atoms with Crippen molar-refractivity contribution in [3.63, 3.8) is 0 Å². The van der Waals surface area contributed by atoms with Crippen LogP contribution in [0.15, 0.2) is 42.6 Å². The Bertz CT molecular complexity index is 1410. The molecule has 9 nitrogen and oxygen atoms in total. The Labute approximate surface area is 210 Å². The van der Waals surface area contributed by atoms with Crippen molar-refractivity contribution in [3.8, 4) is 11.5 Å². The molecule has 4 aromatic rings. The average molecular weight is 489 g/mol. The third kappa shape index (κ3) is 4.97. The molecule has 36 heavy (non-hydrogen) atoms. The van der Waals surface area contributed by atoms with Gasteiger partial charge in [0.15, 0.2) is 0 Å². The summed E-state index contributed by atoms with van der Waals surface area (Å²) in [5.41, 5.74) is 3.42. The molecule has 1 aliphatic rings. The number of ketones is 1. The quantitative estimate of drug-likeness (QED) is 0.387. The molecule has 9 heteroatoms. The number of ether oxygens (including phenoxy) is 2. The smallest absolute Gasteiger partial charge is 0.209 e. The summed E-state index contributed by atoms with van der Waals surface area (Å²) in [4.78, 5) is 20.5. The maximum Gasteiger partial charge on any atom is 0.209 e. The SMILES string of the molecule is CC(=O)Cc1cc(Oc2ccc3nc(Nc4cc(C(C)(C)C)nn4C4CCOC4)n(C)c3c2)ccn1. The number of benzene rings is 1. The van der Waals surface area contributed by atoms with Gasteiger partial charge in [-0.25, -0.2) is 9.67 Å². The number of hydrogen-bond acceptors (Lipinski definition) is 7. The number of anilines is 2. The molecule has 0 aliphatic carbocycles. The number of carbonyl (C=O) groups excluding carboxylic acids is 1. The zero-order valence-electron chi connectivity index (χ0n) is 21.4. The second-order valence-electron chi connectivity index (χ2n) is 10.4. The van der Waals surface area contributed by atoms with Gasteiger partial charge in [-0.1, -0.05) is 20.8 Å². The maximum absolute atomic E-state index is 11.4. The summed E-state index contributed by atoms with van der Waals surface area (Å²) in [7, 11) is 1.98. The molecule has 188 valence electrons. The lowest BCUT2D eigenvalue weighted by Gasteiger charge is -2.15. The van der Waals surface area contributed by atoms with Gasteiger partial charge in [-0.3, -0.25) is 9.78 Å². The molecule has 3 aromatic heterocycles. The highest BCUT2D eigenvalue weighted by Gasteiger charge is 2.26. The molecule has 1 unspecified atom stereocenters. The zero-order chi connectivity index (χ0) is 25.4. The van der Waals surface area contributed by atoms with Gasteiger partial charge in [0.25, 0.3) is 0 Å². The largest absolute Gasteiger partial charge is 0.457 e. The van der Waals surface area contributed by atoms with Crippen molar-refractivity contribution in [2.45, 2.75) is 52.0 Å². The van der Waals surface area contributed by atoms with Crippen LogP contribution in [0.25, 0.3) is 11.0 Å². The lowest BCUT2D eigenvalue weighted by molar-refractivity contribution is -0.116. The first-order chi connectivity index (χ1) is 17.2. The number of imidazole rings is 1. The number of nitrogens with zero attached hydrogens (tertiary/aromatic N) is 5. The molecule has 1 aliphatic heterocycles. The predicted octanol–water partition coefficient (Wildman–Crippen LogP) is 5.09. The number of aromatic nitrogens is 5. The summed E-state index contributed by atoms with van der Waals surface area (Å²) in [6.07, 6.45) is 2.88. The molecule has 1 saturated heterocycles. The second-order valence-corrected chi connectivity index (χ2v) is 10.4. The van der Waals surface area contributed by atoms with Gasteiger partial charge in [-0.2, -0.15) is 5.10 Å². The molecular formula is C27H32N6O3. The molecule has 1 fully saturated rings. The minimum atomic E-state index is -0.0724. The van der Waals surface area contributed by atoms with Crippen molar-refractivity contribution in [3.05, 3.63) is 54.0 Å². The fourth-order valence-electron chi connectivity index (χ4n) is 4.31. The Morgan fingerprint density at radius 2 is 2.00 bits per heavy atom. The monoisotopic (exact) mass is 488 g/mol. The van der Waals surface area contributed by atoms with E-state index in [1.54, 1.807) is 25.3 Å². The van der Waals surface area contributed by atoms with Crippen LogP contribution < -0.4 is 10.1 Å². The standard InChI is InChI=1S/C27H32N6O3/c1-17(34)12-18-13-21(8-10-28-18)36-20-6-7-22-23(14-20)32(5)26(29-22)30-25-15-24(27(2,3)4)31-33(25)19-9-11-35-16-19/h6-8,10,13-15,19H,9,11-12,16H2,1-5H3,(H,29,30). The highest BCUT2D eigenvalue weighted by atomic mass is 16.5. The van der Waals surface area contributed by atoms with Crippen molar-refractivity contribution in [1.29, 1.82) is 0 Å². The molecular weight excluding hydrogens is 456 g/mol. The van der Waals surface area contributed by atoms with E-state index in [2.05, 4.69) is 37.1 Å². The van der Waals surface area contributed by atoms with E-state index in [0.717, 1.165) is 41.5 Å². The van der Waals surface area contributed by atoms with Gasteiger partial charge in [0.1, 0.15) is 23.1 Å². The van der Waals surface area contributed by atoms with Gasteiger partial charge in [0.2, 0.25) is 5.95 Å². The van der Waals surface area contributed by atoms with Crippen molar-refractivity contribution in [1.82, 2.24) is 24.3 Å². The number of carbonyl (C=O) groups is 1. The first-order valence-corrected chi connectivity index (χ1v) is 12.2. The van der Waals surface area contributed by atoms with E-state index in [1.807, 2.05) is 34.5 Å². The molecule has 1 aromatic carbocycles. The topological polar surface area (TPSA) is 96.1 Å². The number of hydrogen-bond donors (Lipinski definition) is 1. The number of nitrogens with one attached hydrogen (secondary N) is 1. The predicted molar refractivity (Wildman–Crippen MR) is 138 cm³/mol. The Morgan fingerprint density at radius 3 is 2.72 bits per heavy atom. The van der Waals surface area contributed by atoms with E-state index in [-0.39, 0.29) is 23.7 Å². The van der Waals surface area contributed by atoms with Crippen LogP contribution in [-0.2, 0) is 28.4 Å². The number of aryl methyl sites for hydroxylation is 1. The molecule has 0 bridgehead atoms. The molecule has 0 spiro atoms. The van der Waals surface area contributed by atoms with E-state index in [0.29, 0.717) is 23.8 Å². The van der Waals surface area contributed by atoms with Crippen LogP contribution in [-0.4, -0.2) is 43.3 Å². The van der Waals surface area contributed by atoms with E-state index >= 15 is 0 Å². The van der Waals surface area contributed by atoms with Crippen molar-refractivity contribution < 1.29 is 14.3 Å². The van der Waals surface area contributed by atoms with E-state index in [4.69, 9.17) is 19.6 Å². The number of fused-ring (bicyclic) bond motifs is 1. The summed E-state index contributed by atoms with van der Waals surface area (Å²) < 4.78 is 15.8. The second kappa shape index (κ2) is 9.39. The first-order valence-electron chi connectivity index (χ1n) is 12.2. The van der Waals surface area contributed by atoms with Gasteiger partial charge in [-0.15, -0.1) is 0 Å². The molecule has 5 rings (SSSR count). The summed E-state index contributed by atoms with van der Waals surface area (Å²) >= 11 is 0. The van der Waals surface area contributed by atoms with Crippen molar-refractivity contribution in [2.24, 2.45) is 7.05 Å². The highest BCUT2D eigenvalue weighted by molar-refractivity contribution is 5.81. The summed E-state index contributed by atoms with van der Waals surface area (Å²) in [5.74, 6) is 3.00. The van der Waals surface area contributed by atoms with Crippen LogP contribution in [0.2, 0.25) is 0 Å². The average Bonchev–Trinajstić information content (AvgIpc) is 3.54. The van der Waals surface area contributed by atoms with E-state index < -0.39 is 0 Å². The summed E-state index contributed by atoms with van der Waals surface area (Å²) in [6.45, 7) is 9.45. The fraction of sp³-hybridized carbons (Fsp3) is 0.407.